The molecular weight excluding hydrogens is 298 g/mol. The monoisotopic (exact) mass is 325 g/mol. The number of phenols is 1. The van der Waals surface area contributed by atoms with E-state index in [4.69, 9.17) is 4.74 Å². The Bertz CT molecular complexity index is 683. The van der Waals surface area contributed by atoms with Gasteiger partial charge in [0.05, 0.1) is 7.11 Å². The summed E-state index contributed by atoms with van der Waals surface area (Å²) in [4.78, 5) is 2.51. The van der Waals surface area contributed by atoms with E-state index in [1.807, 2.05) is 12.1 Å². The minimum atomic E-state index is 0.271. The summed E-state index contributed by atoms with van der Waals surface area (Å²) in [5, 5.41) is 10.4. The van der Waals surface area contributed by atoms with Crippen molar-refractivity contribution in [3.63, 3.8) is 0 Å². The SMILES string of the molecule is COc1cccc(CN2CCCCC[C@@H]2c2cccc(C)c2)c1O. The average Bonchev–Trinajstić information content (AvgIpc) is 2.82. The van der Waals surface area contributed by atoms with Gasteiger partial charge in [-0.15, -0.1) is 0 Å². The molecule has 24 heavy (non-hydrogen) atoms. The number of para-hydroxylation sites is 1. The Morgan fingerprint density at radius 2 is 1.96 bits per heavy atom. The van der Waals surface area contributed by atoms with Gasteiger partial charge in [0.15, 0.2) is 11.5 Å². The predicted molar refractivity (Wildman–Crippen MR) is 97.5 cm³/mol. The van der Waals surface area contributed by atoms with Crippen LogP contribution in [-0.4, -0.2) is 23.7 Å². The maximum absolute atomic E-state index is 10.4. The topological polar surface area (TPSA) is 32.7 Å². The summed E-state index contributed by atoms with van der Waals surface area (Å²) in [6, 6.07) is 15.0. The van der Waals surface area contributed by atoms with E-state index in [1.165, 1.54) is 36.8 Å². The summed E-state index contributed by atoms with van der Waals surface area (Å²) in [5.74, 6) is 0.821. The van der Waals surface area contributed by atoms with Crippen molar-refractivity contribution in [2.75, 3.05) is 13.7 Å². The molecule has 0 amide bonds. The summed E-state index contributed by atoms with van der Waals surface area (Å²) in [7, 11) is 1.60. The highest BCUT2D eigenvalue weighted by Gasteiger charge is 2.24. The zero-order valence-corrected chi connectivity index (χ0v) is 14.7. The number of aromatic hydroxyl groups is 1. The zero-order valence-electron chi connectivity index (χ0n) is 14.7. The predicted octanol–water partition coefficient (Wildman–Crippen LogP) is 4.83. The van der Waals surface area contributed by atoms with Crippen molar-refractivity contribution in [3.05, 3.63) is 59.2 Å². The molecule has 2 aromatic rings. The zero-order chi connectivity index (χ0) is 16.9. The van der Waals surface area contributed by atoms with Crippen LogP contribution in [0.5, 0.6) is 11.5 Å². The van der Waals surface area contributed by atoms with Crippen LogP contribution in [0.2, 0.25) is 0 Å². The Morgan fingerprint density at radius 3 is 2.75 bits per heavy atom. The van der Waals surface area contributed by atoms with Gasteiger partial charge in [0.1, 0.15) is 0 Å². The van der Waals surface area contributed by atoms with E-state index in [2.05, 4.69) is 36.1 Å². The molecule has 1 fully saturated rings. The van der Waals surface area contributed by atoms with Crippen LogP contribution in [0.25, 0.3) is 0 Å². The smallest absolute Gasteiger partial charge is 0.162 e. The lowest BCUT2D eigenvalue weighted by atomic mass is 9.98. The maximum atomic E-state index is 10.4. The highest BCUT2D eigenvalue weighted by atomic mass is 16.5. The summed E-state index contributed by atoms with van der Waals surface area (Å²) in [6.45, 7) is 3.97. The molecule has 0 aliphatic carbocycles. The molecule has 0 radical (unpaired) electrons. The standard InChI is InChI=1S/C21H27NO2/c1-16-8-6-9-17(14-16)19-11-4-3-5-13-22(19)15-18-10-7-12-20(24-2)21(18)23/h6-10,12,14,19,23H,3-5,11,13,15H2,1-2H3/t19-/m1/s1. The molecular formula is C21H27NO2. The fourth-order valence-corrected chi connectivity index (χ4v) is 3.69. The molecule has 1 N–H and O–H groups in total. The Labute approximate surface area is 144 Å². The van der Waals surface area contributed by atoms with Gasteiger partial charge in [0.25, 0.3) is 0 Å². The average molecular weight is 325 g/mol. The molecule has 2 aromatic carbocycles. The molecule has 3 nitrogen and oxygen atoms in total. The Hall–Kier alpha value is -2.00. The highest BCUT2D eigenvalue weighted by molar-refractivity contribution is 5.45. The Balaban J connectivity index is 1.88. The number of methoxy groups -OCH3 is 1. The van der Waals surface area contributed by atoms with Gasteiger partial charge in [0, 0.05) is 18.2 Å². The summed E-state index contributed by atoms with van der Waals surface area (Å²) >= 11 is 0. The van der Waals surface area contributed by atoms with Crippen LogP contribution in [-0.2, 0) is 6.54 Å². The maximum Gasteiger partial charge on any atom is 0.162 e. The van der Waals surface area contributed by atoms with Crippen molar-refractivity contribution in [2.24, 2.45) is 0 Å². The van der Waals surface area contributed by atoms with Crippen LogP contribution in [0.1, 0.15) is 48.4 Å². The van der Waals surface area contributed by atoms with Gasteiger partial charge in [-0.1, -0.05) is 54.8 Å². The van der Waals surface area contributed by atoms with Crippen LogP contribution >= 0.6 is 0 Å². The first kappa shape index (κ1) is 16.8. The van der Waals surface area contributed by atoms with Crippen molar-refractivity contribution in [3.8, 4) is 11.5 Å². The van der Waals surface area contributed by atoms with E-state index in [1.54, 1.807) is 13.2 Å². The molecule has 128 valence electrons. The molecule has 1 saturated heterocycles. The number of nitrogens with zero attached hydrogens (tertiary/aromatic N) is 1. The molecule has 1 aliphatic heterocycles. The quantitative estimate of drug-likeness (QED) is 0.874. The Kier molecular flexibility index (Phi) is 5.41. The third kappa shape index (κ3) is 3.73. The normalized spacial score (nSPS) is 19.0. The van der Waals surface area contributed by atoms with E-state index in [-0.39, 0.29) is 5.75 Å². The van der Waals surface area contributed by atoms with Gasteiger partial charge in [0.2, 0.25) is 0 Å². The number of hydrogen-bond acceptors (Lipinski definition) is 3. The number of aryl methyl sites for hydroxylation is 1. The van der Waals surface area contributed by atoms with Crippen LogP contribution in [0.4, 0.5) is 0 Å². The van der Waals surface area contributed by atoms with Gasteiger partial charge in [-0.05, 0) is 37.9 Å². The van der Waals surface area contributed by atoms with Gasteiger partial charge < -0.3 is 9.84 Å². The second kappa shape index (κ2) is 7.71. The lowest BCUT2D eigenvalue weighted by molar-refractivity contribution is 0.190. The van der Waals surface area contributed by atoms with Gasteiger partial charge in [-0.2, -0.15) is 0 Å². The minimum absolute atomic E-state index is 0.271. The molecule has 1 atom stereocenters. The Morgan fingerprint density at radius 1 is 1.12 bits per heavy atom. The molecule has 1 heterocycles. The molecule has 0 spiro atoms. The van der Waals surface area contributed by atoms with Crippen LogP contribution in [0.3, 0.4) is 0 Å². The van der Waals surface area contributed by atoms with Crippen molar-refractivity contribution in [2.45, 2.75) is 45.2 Å². The summed E-state index contributed by atoms with van der Waals surface area (Å²) < 4.78 is 5.26. The molecule has 0 unspecified atom stereocenters. The second-order valence-corrected chi connectivity index (χ2v) is 6.72. The minimum Gasteiger partial charge on any atom is -0.504 e. The molecule has 0 bridgehead atoms. The molecule has 1 aliphatic rings. The number of phenolic OH excluding ortho intramolecular Hbond substituents is 1. The van der Waals surface area contributed by atoms with E-state index in [9.17, 15) is 5.11 Å². The lowest BCUT2D eigenvalue weighted by Gasteiger charge is -2.31. The summed E-state index contributed by atoms with van der Waals surface area (Å²) in [5.41, 5.74) is 3.63. The van der Waals surface area contributed by atoms with Gasteiger partial charge in [-0.3, -0.25) is 4.90 Å². The van der Waals surface area contributed by atoms with Crippen LogP contribution in [0, 0.1) is 6.92 Å². The summed E-state index contributed by atoms with van der Waals surface area (Å²) in [6.07, 6.45) is 4.93. The molecule has 3 heteroatoms. The number of benzene rings is 2. The van der Waals surface area contributed by atoms with Crippen molar-refractivity contribution in [1.29, 1.82) is 0 Å². The van der Waals surface area contributed by atoms with E-state index in [0.717, 1.165) is 18.7 Å². The van der Waals surface area contributed by atoms with Crippen molar-refractivity contribution >= 4 is 0 Å². The van der Waals surface area contributed by atoms with E-state index < -0.39 is 0 Å². The number of likely N-dealkylation sites (tertiary alicyclic amines) is 1. The molecule has 0 saturated carbocycles. The first-order valence-electron chi connectivity index (χ1n) is 8.84. The van der Waals surface area contributed by atoms with Crippen molar-refractivity contribution in [1.82, 2.24) is 4.90 Å². The fourth-order valence-electron chi connectivity index (χ4n) is 3.69. The van der Waals surface area contributed by atoms with E-state index >= 15 is 0 Å². The number of hydrogen-bond donors (Lipinski definition) is 1. The molecule has 0 aromatic heterocycles. The molecule has 3 rings (SSSR count). The van der Waals surface area contributed by atoms with E-state index in [0.29, 0.717) is 11.8 Å². The number of ether oxygens (including phenoxy) is 1. The first-order valence-corrected chi connectivity index (χ1v) is 8.84. The first-order chi connectivity index (χ1) is 11.7. The van der Waals surface area contributed by atoms with Crippen LogP contribution < -0.4 is 4.74 Å². The van der Waals surface area contributed by atoms with Crippen molar-refractivity contribution < 1.29 is 9.84 Å². The third-order valence-corrected chi connectivity index (χ3v) is 4.97. The lowest BCUT2D eigenvalue weighted by Crippen LogP contribution is -2.28. The fraction of sp³-hybridized carbons (Fsp3) is 0.429. The highest BCUT2D eigenvalue weighted by Crippen LogP contribution is 2.35. The third-order valence-electron chi connectivity index (χ3n) is 4.97. The van der Waals surface area contributed by atoms with Crippen LogP contribution in [0.15, 0.2) is 42.5 Å². The van der Waals surface area contributed by atoms with Gasteiger partial charge >= 0.3 is 0 Å². The van der Waals surface area contributed by atoms with Gasteiger partial charge in [-0.25, -0.2) is 0 Å². The largest absolute Gasteiger partial charge is 0.504 e. The second-order valence-electron chi connectivity index (χ2n) is 6.72. The number of rotatable bonds is 4.